The number of benzene rings is 2. The van der Waals surface area contributed by atoms with Crippen LogP contribution in [0.25, 0.3) is 0 Å². The van der Waals surface area contributed by atoms with Gasteiger partial charge < -0.3 is 10.4 Å². The second-order valence-corrected chi connectivity index (χ2v) is 3.87. The first-order chi connectivity index (χ1) is 8.65. The lowest BCUT2D eigenvalue weighted by Gasteiger charge is -2.07. The molecule has 0 atom stereocenters. The smallest absolute Gasteiger partial charge is 0.307 e. The quantitative estimate of drug-likeness (QED) is 0.869. The maximum atomic E-state index is 13.4. The summed E-state index contributed by atoms with van der Waals surface area (Å²) in [5.41, 5.74) is 1.82. The molecule has 2 N–H and O–H groups in total. The highest BCUT2D eigenvalue weighted by atomic mass is 19.1. The molecule has 0 aliphatic carbocycles. The van der Waals surface area contributed by atoms with Gasteiger partial charge in [0.05, 0.1) is 12.1 Å². The van der Waals surface area contributed by atoms with Gasteiger partial charge in [-0.3, -0.25) is 4.79 Å². The molecule has 0 amide bonds. The largest absolute Gasteiger partial charge is 0.481 e. The average molecular weight is 245 g/mol. The Labute approximate surface area is 104 Å². The van der Waals surface area contributed by atoms with E-state index in [0.717, 1.165) is 0 Å². The molecule has 3 nitrogen and oxygen atoms in total. The Bertz CT molecular complexity index is 552. The number of anilines is 2. The molecule has 0 aromatic heterocycles. The predicted molar refractivity (Wildman–Crippen MR) is 67.5 cm³/mol. The minimum atomic E-state index is -0.871. The van der Waals surface area contributed by atoms with Crippen molar-refractivity contribution >= 4 is 17.3 Å². The number of carboxylic acid groups (broad SMARTS) is 1. The van der Waals surface area contributed by atoms with Crippen LogP contribution in [-0.2, 0) is 11.2 Å². The van der Waals surface area contributed by atoms with E-state index in [9.17, 15) is 9.18 Å². The van der Waals surface area contributed by atoms with Crippen LogP contribution in [0.1, 0.15) is 5.56 Å². The molecule has 0 heterocycles. The van der Waals surface area contributed by atoms with Gasteiger partial charge in [-0.15, -0.1) is 0 Å². The van der Waals surface area contributed by atoms with E-state index in [1.165, 1.54) is 6.07 Å². The van der Waals surface area contributed by atoms with E-state index in [1.807, 2.05) is 0 Å². The van der Waals surface area contributed by atoms with E-state index < -0.39 is 5.97 Å². The van der Waals surface area contributed by atoms with Crippen molar-refractivity contribution in [1.82, 2.24) is 0 Å². The first kappa shape index (κ1) is 12.1. The van der Waals surface area contributed by atoms with Crippen LogP contribution in [0.15, 0.2) is 48.5 Å². The summed E-state index contributed by atoms with van der Waals surface area (Å²) >= 11 is 0. The maximum absolute atomic E-state index is 13.4. The Kier molecular flexibility index (Phi) is 3.57. The third-order valence-electron chi connectivity index (χ3n) is 2.46. The highest BCUT2D eigenvalue weighted by Crippen LogP contribution is 2.19. The van der Waals surface area contributed by atoms with Gasteiger partial charge in [0.25, 0.3) is 0 Å². The number of carbonyl (C=O) groups is 1. The first-order valence-corrected chi connectivity index (χ1v) is 5.47. The van der Waals surface area contributed by atoms with E-state index in [4.69, 9.17) is 5.11 Å². The fourth-order valence-corrected chi connectivity index (χ4v) is 1.60. The molecule has 0 radical (unpaired) electrons. The van der Waals surface area contributed by atoms with Crippen molar-refractivity contribution in [3.05, 3.63) is 59.9 Å². The molecule has 0 saturated carbocycles. The van der Waals surface area contributed by atoms with E-state index in [-0.39, 0.29) is 12.2 Å². The monoisotopic (exact) mass is 245 g/mol. The van der Waals surface area contributed by atoms with Crippen LogP contribution in [0, 0.1) is 5.82 Å². The molecule has 2 aromatic rings. The summed E-state index contributed by atoms with van der Waals surface area (Å²) in [6.07, 6.45) is -0.0139. The molecule has 18 heavy (non-hydrogen) atoms. The van der Waals surface area contributed by atoms with Crippen molar-refractivity contribution in [3.63, 3.8) is 0 Å². The van der Waals surface area contributed by atoms with Crippen molar-refractivity contribution in [2.45, 2.75) is 6.42 Å². The number of nitrogens with one attached hydrogen (secondary N) is 1. The molecule has 2 aromatic carbocycles. The molecular weight excluding hydrogens is 233 g/mol. The number of carboxylic acids is 1. The van der Waals surface area contributed by atoms with Crippen molar-refractivity contribution in [1.29, 1.82) is 0 Å². The van der Waals surface area contributed by atoms with Crippen LogP contribution in [0.4, 0.5) is 15.8 Å². The third-order valence-corrected chi connectivity index (χ3v) is 2.46. The third kappa shape index (κ3) is 3.07. The van der Waals surface area contributed by atoms with Crippen molar-refractivity contribution in [2.75, 3.05) is 5.32 Å². The zero-order valence-electron chi connectivity index (χ0n) is 9.56. The summed E-state index contributed by atoms with van der Waals surface area (Å²) in [5, 5.41) is 11.6. The summed E-state index contributed by atoms with van der Waals surface area (Å²) in [7, 11) is 0. The van der Waals surface area contributed by atoms with Crippen LogP contribution in [0.5, 0.6) is 0 Å². The molecular formula is C14H12FNO2. The molecule has 0 aliphatic heterocycles. The lowest BCUT2D eigenvalue weighted by Crippen LogP contribution is -2.00. The van der Waals surface area contributed by atoms with Crippen LogP contribution in [0.2, 0.25) is 0 Å². The van der Waals surface area contributed by atoms with Gasteiger partial charge in [0, 0.05) is 5.69 Å². The number of halogens is 1. The lowest BCUT2D eigenvalue weighted by atomic mass is 10.1. The number of hydrogen-bond donors (Lipinski definition) is 2. The first-order valence-electron chi connectivity index (χ1n) is 5.47. The van der Waals surface area contributed by atoms with Gasteiger partial charge in [-0.2, -0.15) is 0 Å². The number of para-hydroxylation sites is 1. The highest BCUT2D eigenvalue weighted by molar-refractivity contribution is 5.70. The normalized spacial score (nSPS) is 10.1. The van der Waals surface area contributed by atoms with E-state index in [1.54, 1.807) is 42.5 Å². The van der Waals surface area contributed by atoms with Crippen LogP contribution < -0.4 is 5.32 Å². The standard InChI is InChI=1S/C14H12FNO2/c15-12-3-1-2-4-13(12)16-11-7-5-10(6-8-11)9-14(17)18/h1-8,16H,9H2,(H,17,18). The van der Waals surface area contributed by atoms with Gasteiger partial charge in [-0.05, 0) is 29.8 Å². The minimum Gasteiger partial charge on any atom is -0.481 e. The summed E-state index contributed by atoms with van der Waals surface area (Å²) < 4.78 is 13.4. The number of hydrogen-bond acceptors (Lipinski definition) is 2. The summed E-state index contributed by atoms with van der Waals surface area (Å²) in [4.78, 5) is 10.5. The molecule has 2 rings (SSSR count). The summed E-state index contributed by atoms with van der Waals surface area (Å²) in [6, 6.07) is 13.2. The molecule has 0 spiro atoms. The molecule has 4 heteroatoms. The lowest BCUT2D eigenvalue weighted by molar-refractivity contribution is -0.136. The van der Waals surface area contributed by atoms with Crippen LogP contribution >= 0.6 is 0 Å². The Morgan fingerprint density at radius 2 is 1.78 bits per heavy atom. The predicted octanol–water partition coefficient (Wildman–Crippen LogP) is 3.20. The molecule has 0 unspecified atom stereocenters. The van der Waals surface area contributed by atoms with Gasteiger partial charge in [0.1, 0.15) is 5.82 Å². The SMILES string of the molecule is O=C(O)Cc1ccc(Nc2ccccc2F)cc1. The number of rotatable bonds is 4. The van der Waals surface area contributed by atoms with Gasteiger partial charge in [-0.25, -0.2) is 4.39 Å². The Morgan fingerprint density at radius 3 is 2.39 bits per heavy atom. The van der Waals surface area contributed by atoms with Crippen molar-refractivity contribution in [2.24, 2.45) is 0 Å². The topological polar surface area (TPSA) is 49.3 Å². The van der Waals surface area contributed by atoms with Gasteiger partial charge in [0.2, 0.25) is 0 Å². The molecule has 0 fully saturated rings. The highest BCUT2D eigenvalue weighted by Gasteiger charge is 2.02. The Hall–Kier alpha value is -2.36. The van der Waals surface area contributed by atoms with E-state index in [2.05, 4.69) is 5.32 Å². The van der Waals surface area contributed by atoms with E-state index in [0.29, 0.717) is 16.9 Å². The number of aliphatic carboxylic acids is 1. The van der Waals surface area contributed by atoms with Gasteiger partial charge in [0.15, 0.2) is 0 Å². The zero-order chi connectivity index (χ0) is 13.0. The molecule has 0 saturated heterocycles. The van der Waals surface area contributed by atoms with Crippen molar-refractivity contribution < 1.29 is 14.3 Å². The average Bonchev–Trinajstić information content (AvgIpc) is 2.34. The van der Waals surface area contributed by atoms with Gasteiger partial charge >= 0.3 is 5.97 Å². The van der Waals surface area contributed by atoms with Crippen molar-refractivity contribution in [3.8, 4) is 0 Å². The van der Waals surface area contributed by atoms with E-state index >= 15 is 0 Å². The second-order valence-electron chi connectivity index (χ2n) is 3.87. The summed E-state index contributed by atoms with van der Waals surface area (Å²) in [6.45, 7) is 0. The Morgan fingerprint density at radius 1 is 1.11 bits per heavy atom. The molecule has 0 aliphatic rings. The minimum absolute atomic E-state index is 0.0139. The maximum Gasteiger partial charge on any atom is 0.307 e. The summed E-state index contributed by atoms with van der Waals surface area (Å²) in [5.74, 6) is -1.20. The Balaban J connectivity index is 2.11. The van der Waals surface area contributed by atoms with Crippen LogP contribution in [0.3, 0.4) is 0 Å². The molecule has 0 bridgehead atoms. The van der Waals surface area contributed by atoms with Gasteiger partial charge in [-0.1, -0.05) is 24.3 Å². The second kappa shape index (κ2) is 5.31. The van der Waals surface area contributed by atoms with Crippen LogP contribution in [-0.4, -0.2) is 11.1 Å². The fourth-order valence-electron chi connectivity index (χ4n) is 1.60. The zero-order valence-corrected chi connectivity index (χ0v) is 9.56. The fraction of sp³-hybridized carbons (Fsp3) is 0.0714. The molecule has 92 valence electrons.